The lowest BCUT2D eigenvalue weighted by Gasteiger charge is -2.34. The van der Waals surface area contributed by atoms with E-state index in [1.165, 1.54) is 81.1 Å². The van der Waals surface area contributed by atoms with Crippen molar-refractivity contribution in [2.75, 3.05) is 0 Å². The number of allylic oxidation sites excluding steroid dienone is 1. The first-order valence-corrected chi connectivity index (χ1v) is 11.9. The van der Waals surface area contributed by atoms with Crippen LogP contribution < -0.4 is 4.57 Å². The molecule has 1 fully saturated rings. The summed E-state index contributed by atoms with van der Waals surface area (Å²) >= 11 is 0. The highest BCUT2D eigenvalue weighted by atomic mass is 14.9. The second-order valence-electron chi connectivity index (χ2n) is 11.0. The highest BCUT2D eigenvalue weighted by molar-refractivity contribution is 6.15. The third-order valence-electron chi connectivity index (χ3n) is 8.17. The number of pyridine rings is 1. The lowest BCUT2D eigenvalue weighted by atomic mass is 9.71. The van der Waals surface area contributed by atoms with Gasteiger partial charge in [-0.05, 0) is 103 Å². The van der Waals surface area contributed by atoms with Crippen LogP contribution in [-0.4, -0.2) is 0 Å². The molecule has 2 aromatic carbocycles. The maximum Gasteiger partial charge on any atom is 0.221 e. The van der Waals surface area contributed by atoms with E-state index in [-0.39, 0.29) is 0 Å². The van der Waals surface area contributed by atoms with E-state index in [1.54, 1.807) is 5.56 Å². The van der Waals surface area contributed by atoms with Crippen LogP contribution in [0.1, 0.15) is 91.4 Å². The van der Waals surface area contributed by atoms with Gasteiger partial charge in [0, 0.05) is 6.07 Å². The molecule has 31 heavy (non-hydrogen) atoms. The van der Waals surface area contributed by atoms with Gasteiger partial charge in [-0.15, -0.1) is 0 Å². The summed E-state index contributed by atoms with van der Waals surface area (Å²) in [5.41, 5.74) is 13.3. The average Bonchev–Trinajstić information content (AvgIpc) is 3.01. The Hall–Kier alpha value is -2.41. The fourth-order valence-corrected chi connectivity index (χ4v) is 6.03. The fraction of sp³-hybridized carbons (Fsp3) is 0.433. The van der Waals surface area contributed by atoms with Gasteiger partial charge in [-0.1, -0.05) is 43.7 Å². The van der Waals surface area contributed by atoms with E-state index in [0.717, 1.165) is 0 Å². The van der Waals surface area contributed by atoms with Gasteiger partial charge in [0.05, 0.1) is 11.0 Å². The molecule has 1 heterocycles. The molecule has 0 amide bonds. The molecule has 5 rings (SSSR count). The Kier molecular flexibility index (Phi) is 4.66. The Morgan fingerprint density at radius 3 is 2.32 bits per heavy atom. The van der Waals surface area contributed by atoms with Crippen molar-refractivity contribution in [1.82, 2.24) is 0 Å². The Morgan fingerprint density at radius 2 is 1.61 bits per heavy atom. The number of hydrogen-bond donors (Lipinski definition) is 0. The molecule has 0 unspecified atom stereocenters. The minimum atomic E-state index is 0.509. The van der Waals surface area contributed by atoms with E-state index < -0.39 is 0 Å². The standard InChI is InChI=1S/C30H36N/c1-18-14-19(2)20(3)25(15-18)27-21(4)26-17-24(22-8-11-30(5,6)12-9-22)16-23-10-13-31(7)29(27)28(23)26/h10,13-17,22H,8-9,11-12H2,1-7H3/q+1. The van der Waals surface area contributed by atoms with Crippen LogP contribution in [0.25, 0.3) is 21.9 Å². The van der Waals surface area contributed by atoms with E-state index in [4.69, 9.17) is 0 Å². The third-order valence-corrected chi connectivity index (χ3v) is 8.17. The Balaban J connectivity index is 1.71. The molecule has 1 heteroatoms. The molecular weight excluding hydrogens is 374 g/mol. The molecule has 2 aliphatic carbocycles. The summed E-state index contributed by atoms with van der Waals surface area (Å²) in [5, 5.41) is 2.85. The quantitative estimate of drug-likeness (QED) is 0.384. The summed E-state index contributed by atoms with van der Waals surface area (Å²) in [7, 11) is 2.20. The highest BCUT2D eigenvalue weighted by Gasteiger charge is 2.33. The third kappa shape index (κ3) is 3.25. The molecule has 0 atom stereocenters. The molecule has 2 aliphatic rings. The van der Waals surface area contributed by atoms with Crippen molar-refractivity contribution >= 4 is 21.9 Å². The van der Waals surface area contributed by atoms with Gasteiger partial charge in [-0.25, -0.2) is 4.57 Å². The lowest BCUT2D eigenvalue weighted by Crippen LogP contribution is -2.32. The number of aryl methyl sites for hydroxylation is 3. The van der Waals surface area contributed by atoms with Gasteiger partial charge in [-0.2, -0.15) is 0 Å². The molecule has 160 valence electrons. The molecule has 0 N–H and O–H groups in total. The van der Waals surface area contributed by atoms with Crippen molar-refractivity contribution < 1.29 is 4.57 Å². The first-order chi connectivity index (χ1) is 14.7. The van der Waals surface area contributed by atoms with Crippen LogP contribution in [0.5, 0.6) is 0 Å². The molecule has 1 aromatic heterocycles. The Labute approximate surface area is 187 Å². The normalized spacial score (nSPS) is 18.3. The van der Waals surface area contributed by atoms with Crippen molar-refractivity contribution in [2.45, 2.75) is 73.1 Å². The number of benzene rings is 2. The molecule has 0 radical (unpaired) electrons. The summed E-state index contributed by atoms with van der Waals surface area (Å²) in [5.74, 6) is 0.700. The van der Waals surface area contributed by atoms with Crippen molar-refractivity contribution in [1.29, 1.82) is 0 Å². The first kappa shape index (κ1) is 20.5. The molecule has 0 spiro atoms. The zero-order valence-corrected chi connectivity index (χ0v) is 20.3. The fourth-order valence-electron chi connectivity index (χ4n) is 6.03. The zero-order valence-electron chi connectivity index (χ0n) is 20.3. The van der Waals surface area contributed by atoms with Gasteiger partial charge in [0.2, 0.25) is 5.69 Å². The maximum absolute atomic E-state index is 2.54. The molecule has 0 saturated heterocycles. The monoisotopic (exact) mass is 410 g/mol. The number of hydrogen-bond acceptors (Lipinski definition) is 0. The number of rotatable bonds is 2. The second kappa shape index (κ2) is 7.05. The predicted octanol–water partition coefficient (Wildman–Crippen LogP) is 7.57. The summed E-state index contributed by atoms with van der Waals surface area (Å²) in [6, 6.07) is 12.0. The van der Waals surface area contributed by atoms with Crippen molar-refractivity contribution in [3.63, 3.8) is 0 Å². The summed E-state index contributed by atoms with van der Waals surface area (Å²) in [6.45, 7) is 13.9. The van der Waals surface area contributed by atoms with Crippen LogP contribution in [-0.2, 0) is 7.05 Å². The second-order valence-corrected chi connectivity index (χ2v) is 11.0. The van der Waals surface area contributed by atoms with E-state index in [1.807, 2.05) is 0 Å². The van der Waals surface area contributed by atoms with Gasteiger partial charge in [0.25, 0.3) is 0 Å². The summed E-state index contributed by atoms with van der Waals surface area (Å²) in [6.07, 6.45) is 7.56. The van der Waals surface area contributed by atoms with Gasteiger partial charge in [-0.3, -0.25) is 0 Å². The van der Waals surface area contributed by atoms with Crippen molar-refractivity contribution in [3.05, 3.63) is 75.6 Å². The zero-order chi connectivity index (χ0) is 22.1. The van der Waals surface area contributed by atoms with Crippen LogP contribution >= 0.6 is 0 Å². The molecule has 1 saturated carbocycles. The van der Waals surface area contributed by atoms with Crippen LogP contribution in [0, 0.1) is 26.2 Å². The van der Waals surface area contributed by atoms with E-state index in [0.29, 0.717) is 11.3 Å². The number of aromatic nitrogens is 1. The minimum Gasteiger partial charge on any atom is -0.200 e. The van der Waals surface area contributed by atoms with Gasteiger partial charge in [0.15, 0.2) is 6.20 Å². The lowest BCUT2D eigenvalue weighted by molar-refractivity contribution is -0.672. The van der Waals surface area contributed by atoms with Crippen LogP contribution in [0.2, 0.25) is 0 Å². The number of nitrogens with zero attached hydrogens (tertiary/aromatic N) is 1. The first-order valence-electron chi connectivity index (χ1n) is 11.9. The topological polar surface area (TPSA) is 3.88 Å². The maximum atomic E-state index is 2.54. The molecule has 0 bridgehead atoms. The largest absolute Gasteiger partial charge is 0.221 e. The van der Waals surface area contributed by atoms with Crippen molar-refractivity contribution in [3.8, 4) is 0 Å². The smallest absolute Gasteiger partial charge is 0.200 e. The van der Waals surface area contributed by atoms with E-state index in [2.05, 4.69) is 89.7 Å². The van der Waals surface area contributed by atoms with E-state index >= 15 is 0 Å². The van der Waals surface area contributed by atoms with Crippen LogP contribution in [0.3, 0.4) is 0 Å². The molecule has 0 aliphatic heterocycles. The molecular formula is C30H36N+. The summed E-state index contributed by atoms with van der Waals surface area (Å²) in [4.78, 5) is 0. The SMILES string of the molecule is CC1=C(c2cc(C)cc(C)c2C)c2c3c1cc(C1CCC(C)(C)CC1)cc3cc[n+]2C. The van der Waals surface area contributed by atoms with E-state index in [9.17, 15) is 0 Å². The molecule has 3 aromatic rings. The van der Waals surface area contributed by atoms with Gasteiger partial charge >= 0.3 is 0 Å². The molecule has 1 nitrogen and oxygen atoms in total. The van der Waals surface area contributed by atoms with Crippen LogP contribution in [0.15, 0.2) is 36.5 Å². The summed E-state index contributed by atoms with van der Waals surface area (Å²) < 4.78 is 2.33. The van der Waals surface area contributed by atoms with Gasteiger partial charge < -0.3 is 0 Å². The van der Waals surface area contributed by atoms with Crippen molar-refractivity contribution in [2.24, 2.45) is 12.5 Å². The Morgan fingerprint density at radius 1 is 0.903 bits per heavy atom. The van der Waals surface area contributed by atoms with Crippen LogP contribution in [0.4, 0.5) is 0 Å². The highest BCUT2D eigenvalue weighted by Crippen LogP contribution is 2.48. The average molecular weight is 411 g/mol. The minimum absolute atomic E-state index is 0.509. The predicted molar refractivity (Wildman–Crippen MR) is 132 cm³/mol. The van der Waals surface area contributed by atoms with Gasteiger partial charge in [0.1, 0.15) is 7.05 Å². The Bertz CT molecular complexity index is 1250.